The van der Waals surface area contributed by atoms with Gasteiger partial charge in [-0.25, -0.2) is 13.1 Å². The molecule has 1 amide bonds. The smallest absolute Gasteiger partial charge is 0.254 e. The van der Waals surface area contributed by atoms with Gasteiger partial charge in [0.2, 0.25) is 10.0 Å². The monoisotopic (exact) mass is 340 g/mol. The molecule has 0 saturated carbocycles. The zero-order valence-corrected chi connectivity index (χ0v) is 14.4. The van der Waals surface area contributed by atoms with Crippen molar-refractivity contribution < 1.29 is 17.9 Å². The molecule has 1 saturated heterocycles. The van der Waals surface area contributed by atoms with Crippen molar-refractivity contribution in [2.75, 3.05) is 32.6 Å². The number of hydrogen-bond donors (Lipinski definition) is 1. The van der Waals surface area contributed by atoms with Gasteiger partial charge in [-0.05, 0) is 24.1 Å². The zero-order valence-electron chi connectivity index (χ0n) is 13.6. The molecule has 1 aromatic carbocycles. The van der Waals surface area contributed by atoms with Gasteiger partial charge in [0, 0.05) is 24.7 Å². The minimum Gasteiger partial charge on any atom is -0.378 e. The van der Waals surface area contributed by atoms with Crippen LogP contribution in [0.1, 0.15) is 41.7 Å². The summed E-state index contributed by atoms with van der Waals surface area (Å²) < 4.78 is 31.0. The Morgan fingerprint density at radius 3 is 2.65 bits per heavy atom. The Balaban J connectivity index is 2.21. The number of carbonyl (C=O) groups excluding carboxylic acids is 1. The van der Waals surface area contributed by atoms with Crippen LogP contribution in [0.25, 0.3) is 0 Å². The summed E-state index contributed by atoms with van der Waals surface area (Å²) in [5, 5.41) is 0. The molecule has 1 fully saturated rings. The Morgan fingerprint density at radius 2 is 2.04 bits per heavy atom. The molecule has 0 bridgehead atoms. The first-order valence-electron chi connectivity index (χ1n) is 7.85. The van der Waals surface area contributed by atoms with E-state index in [1.807, 2.05) is 13.0 Å². The Bertz CT molecular complexity index is 639. The fourth-order valence-corrected chi connectivity index (χ4v) is 3.45. The number of nitrogens with one attached hydrogen (secondary N) is 1. The second kappa shape index (κ2) is 7.90. The maximum atomic E-state index is 12.5. The normalized spacial score (nSPS) is 17.0. The standard InChI is InChI=1S/C16H24N2O4S/c1-3-5-15(17-23(2,20)21)13-6-4-7-14(12-13)16(19)18-8-10-22-11-9-18/h4,6-7,12,15,17H,3,5,8-11H2,1-2H3. The summed E-state index contributed by atoms with van der Waals surface area (Å²) in [5.74, 6) is -0.0373. The number of hydrogen-bond acceptors (Lipinski definition) is 4. The molecule has 1 N–H and O–H groups in total. The quantitative estimate of drug-likeness (QED) is 0.852. The van der Waals surface area contributed by atoms with Gasteiger partial charge in [-0.2, -0.15) is 0 Å². The van der Waals surface area contributed by atoms with Crippen LogP contribution in [0.5, 0.6) is 0 Å². The van der Waals surface area contributed by atoms with Gasteiger partial charge in [-0.3, -0.25) is 4.79 Å². The fraction of sp³-hybridized carbons (Fsp3) is 0.562. The Labute approximate surface area is 137 Å². The Kier molecular flexibility index (Phi) is 6.15. The first-order valence-corrected chi connectivity index (χ1v) is 9.74. The van der Waals surface area contributed by atoms with Crippen LogP contribution >= 0.6 is 0 Å². The number of amides is 1. The van der Waals surface area contributed by atoms with Crippen molar-refractivity contribution >= 4 is 15.9 Å². The third kappa shape index (κ3) is 5.30. The Hall–Kier alpha value is -1.44. The lowest BCUT2D eigenvalue weighted by Gasteiger charge is -2.27. The van der Waals surface area contributed by atoms with Gasteiger partial charge in [0.1, 0.15) is 0 Å². The van der Waals surface area contributed by atoms with Crippen LogP contribution in [-0.2, 0) is 14.8 Å². The molecule has 1 unspecified atom stereocenters. The van der Waals surface area contributed by atoms with E-state index in [1.54, 1.807) is 23.1 Å². The summed E-state index contributed by atoms with van der Waals surface area (Å²) in [5.41, 5.74) is 1.40. The molecular weight excluding hydrogens is 316 g/mol. The number of carbonyl (C=O) groups is 1. The fourth-order valence-electron chi connectivity index (χ4n) is 2.68. The first-order chi connectivity index (χ1) is 10.9. The van der Waals surface area contributed by atoms with Crippen molar-refractivity contribution in [3.63, 3.8) is 0 Å². The predicted molar refractivity (Wildman–Crippen MR) is 88.8 cm³/mol. The van der Waals surface area contributed by atoms with Crippen LogP contribution in [0.2, 0.25) is 0 Å². The highest BCUT2D eigenvalue weighted by atomic mass is 32.2. The van der Waals surface area contributed by atoms with Crippen molar-refractivity contribution in [3.05, 3.63) is 35.4 Å². The van der Waals surface area contributed by atoms with Gasteiger partial charge < -0.3 is 9.64 Å². The van der Waals surface area contributed by atoms with E-state index in [0.29, 0.717) is 38.3 Å². The SMILES string of the molecule is CCCC(NS(C)(=O)=O)c1cccc(C(=O)N2CCOCC2)c1. The molecule has 6 nitrogen and oxygen atoms in total. The lowest BCUT2D eigenvalue weighted by atomic mass is 10.0. The molecule has 0 aliphatic carbocycles. The van der Waals surface area contributed by atoms with Gasteiger partial charge in [0.25, 0.3) is 5.91 Å². The van der Waals surface area contributed by atoms with Crippen molar-refractivity contribution in [2.24, 2.45) is 0 Å². The molecule has 1 aromatic rings. The molecular formula is C16H24N2O4S. The predicted octanol–water partition coefficient (Wildman–Crippen LogP) is 1.55. The lowest BCUT2D eigenvalue weighted by Crippen LogP contribution is -2.40. The summed E-state index contributed by atoms with van der Waals surface area (Å²) in [6.07, 6.45) is 2.68. The molecule has 2 rings (SSSR count). The highest BCUT2D eigenvalue weighted by Crippen LogP contribution is 2.21. The van der Waals surface area contributed by atoms with E-state index in [9.17, 15) is 13.2 Å². The third-order valence-electron chi connectivity index (χ3n) is 3.77. The molecule has 7 heteroatoms. The average molecular weight is 340 g/mol. The van der Waals surface area contributed by atoms with E-state index in [1.165, 1.54) is 0 Å². The maximum absolute atomic E-state index is 12.5. The van der Waals surface area contributed by atoms with Crippen LogP contribution in [0.4, 0.5) is 0 Å². The number of benzene rings is 1. The van der Waals surface area contributed by atoms with Crippen molar-refractivity contribution in [1.29, 1.82) is 0 Å². The largest absolute Gasteiger partial charge is 0.378 e. The van der Waals surface area contributed by atoms with E-state index >= 15 is 0 Å². The minimum atomic E-state index is -3.31. The minimum absolute atomic E-state index is 0.0373. The third-order valence-corrected chi connectivity index (χ3v) is 4.48. The Morgan fingerprint density at radius 1 is 1.35 bits per heavy atom. The highest BCUT2D eigenvalue weighted by molar-refractivity contribution is 7.88. The summed E-state index contributed by atoms with van der Waals surface area (Å²) in [4.78, 5) is 14.3. The van der Waals surface area contributed by atoms with Crippen LogP contribution < -0.4 is 4.72 Å². The van der Waals surface area contributed by atoms with Gasteiger partial charge in [-0.1, -0.05) is 25.5 Å². The summed E-state index contributed by atoms with van der Waals surface area (Å²) in [6, 6.07) is 6.90. The van der Waals surface area contributed by atoms with Crippen LogP contribution in [-0.4, -0.2) is 51.8 Å². The molecule has 128 valence electrons. The molecule has 0 radical (unpaired) electrons. The van der Waals surface area contributed by atoms with Crippen molar-refractivity contribution in [3.8, 4) is 0 Å². The maximum Gasteiger partial charge on any atom is 0.254 e. The van der Waals surface area contributed by atoms with Crippen LogP contribution in [0.15, 0.2) is 24.3 Å². The number of sulfonamides is 1. The summed E-state index contributed by atoms with van der Waals surface area (Å²) >= 11 is 0. The molecule has 1 aliphatic rings. The molecule has 0 aromatic heterocycles. The van der Waals surface area contributed by atoms with Gasteiger partial charge in [0.05, 0.1) is 19.5 Å². The number of rotatable bonds is 6. The van der Waals surface area contributed by atoms with Crippen molar-refractivity contribution in [2.45, 2.75) is 25.8 Å². The lowest BCUT2D eigenvalue weighted by molar-refractivity contribution is 0.0303. The first kappa shape index (κ1) is 17.9. The van der Waals surface area contributed by atoms with E-state index in [-0.39, 0.29) is 11.9 Å². The molecule has 1 atom stereocenters. The zero-order chi connectivity index (χ0) is 16.9. The summed E-state index contributed by atoms with van der Waals surface area (Å²) in [7, 11) is -3.31. The number of morpholine rings is 1. The number of nitrogens with zero attached hydrogens (tertiary/aromatic N) is 1. The molecule has 0 spiro atoms. The van der Waals surface area contributed by atoms with E-state index in [2.05, 4.69) is 4.72 Å². The van der Waals surface area contributed by atoms with Crippen LogP contribution in [0.3, 0.4) is 0 Å². The molecule has 1 heterocycles. The second-order valence-electron chi connectivity index (χ2n) is 5.76. The van der Waals surface area contributed by atoms with Crippen LogP contribution in [0, 0.1) is 0 Å². The molecule has 23 heavy (non-hydrogen) atoms. The second-order valence-corrected chi connectivity index (χ2v) is 7.54. The topological polar surface area (TPSA) is 75.7 Å². The van der Waals surface area contributed by atoms with Gasteiger partial charge >= 0.3 is 0 Å². The highest BCUT2D eigenvalue weighted by Gasteiger charge is 2.21. The van der Waals surface area contributed by atoms with Crippen molar-refractivity contribution in [1.82, 2.24) is 9.62 Å². The average Bonchev–Trinajstić information content (AvgIpc) is 2.53. The number of ether oxygens (including phenoxy) is 1. The van der Waals surface area contributed by atoms with E-state index in [4.69, 9.17) is 4.74 Å². The van der Waals surface area contributed by atoms with E-state index in [0.717, 1.165) is 18.2 Å². The van der Waals surface area contributed by atoms with Gasteiger partial charge in [0.15, 0.2) is 0 Å². The summed E-state index contributed by atoms with van der Waals surface area (Å²) in [6.45, 7) is 4.28. The molecule has 1 aliphatic heterocycles. The van der Waals surface area contributed by atoms with Gasteiger partial charge in [-0.15, -0.1) is 0 Å². The van der Waals surface area contributed by atoms with E-state index < -0.39 is 10.0 Å².